The van der Waals surface area contributed by atoms with Crippen LogP contribution in [0.25, 0.3) is 0 Å². The van der Waals surface area contributed by atoms with E-state index >= 15 is 0 Å². The number of benzene rings is 1. The molecule has 3 rings (SSSR count). The number of hydrogen-bond acceptors (Lipinski definition) is 4. The van der Waals surface area contributed by atoms with Crippen LogP contribution in [-0.4, -0.2) is 18.3 Å². The molecule has 154 valence electrons. The first-order valence-electron chi connectivity index (χ1n) is 8.99. The number of carbonyl (C=O) groups is 1. The Morgan fingerprint density at radius 2 is 1.82 bits per heavy atom. The zero-order valence-corrected chi connectivity index (χ0v) is 15.4. The van der Waals surface area contributed by atoms with Gasteiger partial charge in [-0.05, 0) is 43.2 Å². The summed E-state index contributed by atoms with van der Waals surface area (Å²) in [5.74, 6) is -8.50. The summed E-state index contributed by atoms with van der Waals surface area (Å²) in [5, 5.41) is 3.86. The van der Waals surface area contributed by atoms with Crippen molar-refractivity contribution in [3.63, 3.8) is 0 Å². The average molecular weight is 405 g/mol. The zero-order valence-electron chi connectivity index (χ0n) is 15.4. The average Bonchev–Trinajstić information content (AvgIpc) is 2.95. The molecule has 1 aromatic carbocycles. The van der Waals surface area contributed by atoms with Crippen LogP contribution in [0.3, 0.4) is 0 Å². The van der Waals surface area contributed by atoms with Gasteiger partial charge in [-0.3, -0.25) is 4.79 Å². The van der Waals surface area contributed by atoms with Gasteiger partial charge in [0.2, 0.25) is 0 Å². The van der Waals surface area contributed by atoms with Gasteiger partial charge in [0.1, 0.15) is 11.7 Å². The van der Waals surface area contributed by atoms with E-state index in [9.17, 15) is 26.7 Å². The van der Waals surface area contributed by atoms with E-state index in [0.717, 1.165) is 25.7 Å². The highest BCUT2D eigenvalue weighted by Gasteiger charge is 2.63. The number of oxime groups is 1. The lowest BCUT2D eigenvalue weighted by Gasteiger charge is -2.18. The molecule has 2 aliphatic carbocycles. The van der Waals surface area contributed by atoms with Crippen LogP contribution in [0.4, 0.5) is 22.0 Å². The van der Waals surface area contributed by atoms with Crippen molar-refractivity contribution in [2.45, 2.75) is 51.7 Å². The zero-order chi connectivity index (χ0) is 20.7. The second kappa shape index (κ2) is 7.33. The van der Waals surface area contributed by atoms with E-state index in [-0.39, 0.29) is 6.10 Å². The first-order valence-corrected chi connectivity index (χ1v) is 8.99. The Labute approximate surface area is 158 Å². The summed E-state index contributed by atoms with van der Waals surface area (Å²) < 4.78 is 72.3. The van der Waals surface area contributed by atoms with Gasteiger partial charge in [-0.2, -0.15) is 8.78 Å². The number of alkyl halides is 2. The van der Waals surface area contributed by atoms with Crippen LogP contribution < -0.4 is 0 Å². The lowest BCUT2D eigenvalue weighted by Crippen LogP contribution is -2.26. The van der Waals surface area contributed by atoms with Crippen LogP contribution in [0.15, 0.2) is 17.3 Å². The summed E-state index contributed by atoms with van der Waals surface area (Å²) in [6.07, 6.45) is 0.853. The van der Waals surface area contributed by atoms with Crippen molar-refractivity contribution in [1.29, 1.82) is 0 Å². The van der Waals surface area contributed by atoms with Crippen LogP contribution in [0.2, 0.25) is 0 Å². The topological polar surface area (TPSA) is 47.9 Å². The number of hydrogen-bond donors (Lipinski definition) is 0. The van der Waals surface area contributed by atoms with E-state index in [1.54, 1.807) is 13.8 Å². The molecule has 0 aliphatic heterocycles. The molecule has 2 fully saturated rings. The second-order valence-corrected chi connectivity index (χ2v) is 7.75. The molecule has 2 aliphatic rings. The number of nitrogens with zero attached hydrogens (tertiary/aromatic N) is 1. The number of ether oxygens (including phenoxy) is 1. The molecule has 0 bridgehead atoms. The van der Waals surface area contributed by atoms with Crippen LogP contribution in [0.1, 0.15) is 45.1 Å². The Bertz CT molecular complexity index is 790. The molecule has 0 aromatic heterocycles. The molecule has 1 aromatic rings. The quantitative estimate of drug-likeness (QED) is 0.222. The van der Waals surface area contributed by atoms with Crippen molar-refractivity contribution in [3.8, 4) is 0 Å². The summed E-state index contributed by atoms with van der Waals surface area (Å²) in [6.45, 7) is 3.34. The van der Waals surface area contributed by atoms with Crippen molar-refractivity contribution in [1.82, 2.24) is 0 Å². The molecule has 0 amide bonds. The minimum atomic E-state index is -4.45. The fourth-order valence-electron chi connectivity index (χ4n) is 3.58. The van der Waals surface area contributed by atoms with Crippen molar-refractivity contribution in [2.24, 2.45) is 22.4 Å². The highest BCUT2D eigenvalue weighted by Crippen LogP contribution is 2.58. The van der Waals surface area contributed by atoms with Crippen molar-refractivity contribution < 1.29 is 36.3 Å². The molecule has 0 spiro atoms. The fourth-order valence-corrected chi connectivity index (χ4v) is 3.58. The third-order valence-electron chi connectivity index (χ3n) is 5.48. The van der Waals surface area contributed by atoms with E-state index in [1.165, 1.54) is 6.21 Å². The maximum atomic E-state index is 14.2. The van der Waals surface area contributed by atoms with Crippen LogP contribution in [0, 0.1) is 34.7 Å². The predicted octanol–water partition coefficient (Wildman–Crippen LogP) is 4.91. The van der Waals surface area contributed by atoms with E-state index in [4.69, 9.17) is 4.84 Å². The highest BCUT2D eigenvalue weighted by molar-refractivity contribution is 5.85. The van der Waals surface area contributed by atoms with Gasteiger partial charge >= 0.3 is 12.1 Å². The number of rotatable bonds is 6. The van der Waals surface area contributed by atoms with Gasteiger partial charge in [-0.25, -0.2) is 13.2 Å². The van der Waals surface area contributed by atoms with Gasteiger partial charge in [0.15, 0.2) is 17.5 Å². The lowest BCUT2D eigenvalue weighted by molar-refractivity contribution is -0.243. The van der Waals surface area contributed by atoms with Crippen molar-refractivity contribution >= 4 is 12.2 Å². The summed E-state index contributed by atoms with van der Waals surface area (Å²) in [5.41, 5.74) is -2.25. The van der Waals surface area contributed by atoms with Crippen LogP contribution in [0.5, 0.6) is 0 Å². The molecule has 0 saturated heterocycles. The van der Waals surface area contributed by atoms with Crippen molar-refractivity contribution in [3.05, 3.63) is 35.1 Å². The summed E-state index contributed by atoms with van der Waals surface area (Å²) >= 11 is 0. The molecule has 0 heterocycles. The monoisotopic (exact) mass is 405 g/mol. The van der Waals surface area contributed by atoms with Gasteiger partial charge < -0.3 is 9.57 Å². The Morgan fingerprint density at radius 1 is 1.18 bits per heavy atom. The molecule has 2 saturated carbocycles. The third kappa shape index (κ3) is 3.84. The second-order valence-electron chi connectivity index (χ2n) is 7.75. The highest BCUT2D eigenvalue weighted by atomic mass is 19.3. The molecule has 28 heavy (non-hydrogen) atoms. The van der Waals surface area contributed by atoms with Crippen molar-refractivity contribution in [2.75, 3.05) is 0 Å². The Kier molecular flexibility index (Phi) is 5.38. The Hall–Kier alpha value is -2.19. The van der Waals surface area contributed by atoms with Crippen LogP contribution >= 0.6 is 0 Å². The Balaban J connectivity index is 1.66. The van der Waals surface area contributed by atoms with Gasteiger partial charge in [0.05, 0.1) is 5.92 Å². The molecule has 0 N–H and O–H groups in total. The van der Waals surface area contributed by atoms with Gasteiger partial charge in [-0.15, -0.1) is 0 Å². The summed E-state index contributed by atoms with van der Waals surface area (Å²) in [4.78, 5) is 17.5. The van der Waals surface area contributed by atoms with E-state index in [2.05, 4.69) is 9.89 Å². The maximum absolute atomic E-state index is 14.2. The molecule has 4 nitrogen and oxygen atoms in total. The number of esters is 1. The van der Waals surface area contributed by atoms with E-state index in [0.29, 0.717) is 12.1 Å². The summed E-state index contributed by atoms with van der Waals surface area (Å²) in [7, 11) is 0. The van der Waals surface area contributed by atoms with Gasteiger partial charge in [-0.1, -0.05) is 19.0 Å². The lowest BCUT2D eigenvalue weighted by atomic mass is 10.1. The maximum Gasteiger partial charge on any atom is 0.431 e. The fraction of sp³-hybridized carbons (Fsp3) is 0.579. The molecular formula is C19H20F5NO3. The minimum absolute atomic E-state index is 0.0178. The first-order chi connectivity index (χ1) is 13.1. The first kappa shape index (κ1) is 20.5. The van der Waals surface area contributed by atoms with E-state index in [1.807, 2.05) is 0 Å². The number of carbonyl (C=O) groups excluding carboxylic acids is 1. The third-order valence-corrected chi connectivity index (χ3v) is 5.48. The summed E-state index contributed by atoms with van der Waals surface area (Å²) in [6, 6.07) is 0.680. The normalized spacial score (nSPS) is 24.5. The number of halogens is 5. The molecule has 2 unspecified atom stereocenters. The minimum Gasteiger partial charge on any atom is -0.397 e. The molecule has 9 heteroatoms. The smallest absolute Gasteiger partial charge is 0.397 e. The van der Waals surface area contributed by atoms with Gasteiger partial charge in [0.25, 0.3) is 0 Å². The van der Waals surface area contributed by atoms with E-state index < -0.39 is 52.3 Å². The standard InChI is InChI=1S/C19H20F5NO3/c1-18(2)12(9-25-28-10-5-3-4-6-10)14(18)17(26)27-19(23,24)11-7-8-13(20)16(22)15(11)21/h7-10,12,14H,3-6H2,1-2H3. The molecule has 2 atom stereocenters. The van der Waals surface area contributed by atoms with Crippen LogP contribution in [-0.2, 0) is 20.5 Å². The molecule has 0 radical (unpaired) electrons. The SMILES string of the molecule is CC1(C)C(C=NOC2CCCC2)C1C(=O)OC(F)(F)c1ccc(F)c(F)c1F. The predicted molar refractivity (Wildman–Crippen MR) is 88.9 cm³/mol. The molecular weight excluding hydrogens is 385 g/mol. The Morgan fingerprint density at radius 3 is 2.46 bits per heavy atom. The van der Waals surface area contributed by atoms with Gasteiger partial charge in [0, 0.05) is 12.1 Å². The largest absolute Gasteiger partial charge is 0.431 e.